The summed E-state index contributed by atoms with van der Waals surface area (Å²) in [5.41, 5.74) is 15.8. The molecule has 262 valence electrons. The van der Waals surface area contributed by atoms with Crippen LogP contribution < -0.4 is 21.5 Å². The van der Waals surface area contributed by atoms with E-state index in [9.17, 15) is 21.6 Å². The Bertz CT molecular complexity index is 2140. The third-order valence-corrected chi connectivity index (χ3v) is 12.1. The molecule has 0 amide bonds. The lowest BCUT2D eigenvalue weighted by Crippen LogP contribution is -2.57. The van der Waals surface area contributed by atoms with Crippen molar-refractivity contribution in [3.05, 3.63) is 138 Å². The topological polar surface area (TPSA) is 171 Å². The van der Waals surface area contributed by atoms with Crippen molar-refractivity contribution in [1.82, 2.24) is 5.32 Å². The standard InChI is InChI=1S/C21H22N2O4S.C17H20N2O2S/c1-2-27-20(24)15-23-21(22,28(25,26)17-11-4-3-5-12-17)19-14-8-10-16-9-6-7-13-18(16)19;18-12-14-6-4-5-13-11-15(9-10-17(13)14)19-22(20,21)16-7-2-1-3-8-16/h3-14,23H,2,15,22H2,1H3;1-3,7-11,14,19H,4-6,12,18H2. The van der Waals surface area contributed by atoms with E-state index in [0.717, 1.165) is 24.6 Å². The first-order valence-electron chi connectivity index (χ1n) is 16.4. The summed E-state index contributed by atoms with van der Waals surface area (Å²) in [6.45, 7) is 2.17. The first-order chi connectivity index (χ1) is 24.0. The van der Waals surface area contributed by atoms with Crippen molar-refractivity contribution in [1.29, 1.82) is 0 Å². The van der Waals surface area contributed by atoms with Crippen molar-refractivity contribution < 1.29 is 26.4 Å². The summed E-state index contributed by atoms with van der Waals surface area (Å²) in [7, 11) is -7.63. The molecule has 12 heteroatoms. The number of sulfonamides is 1. The first-order valence-corrected chi connectivity index (χ1v) is 19.3. The maximum Gasteiger partial charge on any atom is 0.319 e. The van der Waals surface area contributed by atoms with Gasteiger partial charge in [-0.3, -0.25) is 20.6 Å². The quantitative estimate of drug-likeness (QED) is 0.103. The van der Waals surface area contributed by atoms with Crippen molar-refractivity contribution in [2.24, 2.45) is 11.5 Å². The zero-order valence-corrected chi connectivity index (χ0v) is 29.4. The highest BCUT2D eigenvalue weighted by molar-refractivity contribution is 7.93. The van der Waals surface area contributed by atoms with Gasteiger partial charge in [-0.25, -0.2) is 16.8 Å². The molecule has 0 fully saturated rings. The maximum absolute atomic E-state index is 13.5. The lowest BCUT2D eigenvalue weighted by atomic mass is 9.83. The van der Waals surface area contributed by atoms with Crippen LogP contribution in [-0.4, -0.2) is 42.5 Å². The molecular formula is C38H42N4O6S2. The van der Waals surface area contributed by atoms with Crippen LogP contribution in [0.3, 0.4) is 0 Å². The molecule has 0 saturated carbocycles. The Morgan fingerprint density at radius 2 is 1.48 bits per heavy atom. The van der Waals surface area contributed by atoms with E-state index in [-0.39, 0.29) is 22.9 Å². The molecule has 5 aromatic rings. The monoisotopic (exact) mass is 714 g/mol. The molecule has 5 aromatic carbocycles. The van der Waals surface area contributed by atoms with Gasteiger partial charge in [0.15, 0.2) is 0 Å². The van der Waals surface area contributed by atoms with Gasteiger partial charge in [-0.15, -0.1) is 0 Å². The molecule has 0 saturated heterocycles. The Morgan fingerprint density at radius 3 is 2.16 bits per heavy atom. The number of hydrogen-bond donors (Lipinski definition) is 4. The summed E-state index contributed by atoms with van der Waals surface area (Å²) < 4.78 is 59.4. The second kappa shape index (κ2) is 16.0. The molecule has 2 atom stereocenters. The van der Waals surface area contributed by atoms with Gasteiger partial charge in [-0.1, -0.05) is 84.9 Å². The van der Waals surface area contributed by atoms with Crippen LogP contribution >= 0.6 is 0 Å². The highest BCUT2D eigenvalue weighted by Gasteiger charge is 2.44. The molecule has 2 unspecified atom stereocenters. The Labute approximate surface area is 293 Å². The zero-order chi connectivity index (χ0) is 35.8. The highest BCUT2D eigenvalue weighted by Crippen LogP contribution is 2.34. The second-order valence-corrected chi connectivity index (χ2v) is 15.7. The number of nitrogens with two attached hydrogens (primary N) is 2. The third kappa shape index (κ3) is 8.06. The summed E-state index contributed by atoms with van der Waals surface area (Å²) >= 11 is 0. The van der Waals surface area contributed by atoms with Crippen molar-refractivity contribution >= 4 is 42.3 Å². The minimum Gasteiger partial charge on any atom is -0.465 e. The Kier molecular flexibility index (Phi) is 11.7. The van der Waals surface area contributed by atoms with Gasteiger partial charge >= 0.3 is 5.97 Å². The lowest BCUT2D eigenvalue weighted by Gasteiger charge is -2.31. The molecule has 0 spiro atoms. The molecular weight excluding hydrogens is 673 g/mol. The molecule has 0 heterocycles. The van der Waals surface area contributed by atoms with E-state index in [1.165, 1.54) is 23.3 Å². The maximum atomic E-state index is 13.5. The van der Waals surface area contributed by atoms with E-state index in [1.54, 1.807) is 73.7 Å². The Morgan fingerprint density at radius 1 is 0.840 bits per heavy atom. The number of ether oxygens (including phenoxy) is 1. The van der Waals surface area contributed by atoms with Gasteiger partial charge in [0.05, 0.1) is 22.9 Å². The number of rotatable bonds is 11. The number of sulfone groups is 1. The molecule has 0 bridgehead atoms. The number of hydrogen-bond acceptors (Lipinski definition) is 9. The summed E-state index contributed by atoms with van der Waals surface area (Å²) in [6.07, 6.45) is 3.19. The number of fused-ring (bicyclic) bond motifs is 2. The summed E-state index contributed by atoms with van der Waals surface area (Å²) in [4.78, 5) is 10.2. The van der Waals surface area contributed by atoms with Crippen LogP contribution in [0.5, 0.6) is 0 Å². The van der Waals surface area contributed by atoms with Crippen LogP contribution in [-0.2, 0) is 40.8 Å². The number of nitrogens with one attached hydrogen (secondary N) is 2. The number of aryl methyl sites for hydroxylation is 1. The molecule has 1 aliphatic carbocycles. The van der Waals surface area contributed by atoms with E-state index in [2.05, 4.69) is 10.0 Å². The van der Waals surface area contributed by atoms with Crippen LogP contribution in [0, 0.1) is 0 Å². The fourth-order valence-corrected chi connectivity index (χ4v) is 8.81. The van der Waals surface area contributed by atoms with Gasteiger partial charge in [0.1, 0.15) is 0 Å². The van der Waals surface area contributed by atoms with Crippen LogP contribution in [0.15, 0.2) is 131 Å². The van der Waals surface area contributed by atoms with Gasteiger partial charge in [0.2, 0.25) is 14.8 Å². The molecule has 0 aromatic heterocycles. The van der Waals surface area contributed by atoms with Gasteiger partial charge in [0.25, 0.3) is 10.0 Å². The SMILES string of the molecule is CCOC(=O)CNC(N)(c1cccc2ccccc12)S(=O)(=O)c1ccccc1.NCC1CCCc2cc(NS(=O)(=O)c3ccccc3)ccc21. The molecule has 0 aliphatic heterocycles. The number of carbonyl (C=O) groups is 1. The van der Waals surface area contributed by atoms with Gasteiger partial charge < -0.3 is 10.5 Å². The van der Waals surface area contributed by atoms with Crippen molar-refractivity contribution in [3.8, 4) is 0 Å². The van der Waals surface area contributed by atoms with Crippen LogP contribution in [0.1, 0.15) is 42.4 Å². The van der Waals surface area contributed by atoms with E-state index in [1.807, 2.05) is 42.5 Å². The van der Waals surface area contributed by atoms with Gasteiger partial charge in [-0.05, 0) is 96.9 Å². The summed E-state index contributed by atoms with van der Waals surface area (Å²) in [6, 6.07) is 34.7. The smallest absolute Gasteiger partial charge is 0.319 e. The average molecular weight is 715 g/mol. The average Bonchev–Trinajstić information content (AvgIpc) is 3.14. The van der Waals surface area contributed by atoms with Gasteiger partial charge in [0, 0.05) is 11.3 Å². The molecule has 1 aliphatic rings. The molecule has 10 nitrogen and oxygen atoms in total. The Hall–Kier alpha value is -4.59. The number of anilines is 1. The van der Waals surface area contributed by atoms with Gasteiger partial charge in [-0.2, -0.15) is 0 Å². The first kappa shape index (κ1) is 36.7. The molecule has 0 radical (unpaired) electrons. The van der Waals surface area contributed by atoms with Crippen molar-refractivity contribution in [2.75, 3.05) is 24.4 Å². The largest absolute Gasteiger partial charge is 0.465 e. The predicted octanol–water partition coefficient (Wildman–Crippen LogP) is 5.40. The Balaban J connectivity index is 0.000000200. The van der Waals surface area contributed by atoms with E-state index in [0.29, 0.717) is 29.1 Å². The van der Waals surface area contributed by atoms with Crippen LogP contribution in [0.4, 0.5) is 5.69 Å². The second-order valence-electron chi connectivity index (χ2n) is 11.9. The van der Waals surface area contributed by atoms with E-state index in [4.69, 9.17) is 16.2 Å². The fraction of sp³-hybridized carbons (Fsp3) is 0.237. The number of esters is 1. The molecule has 6 N–H and O–H groups in total. The number of carbonyl (C=O) groups excluding carboxylic acids is 1. The normalized spacial score (nSPS) is 15.5. The van der Waals surface area contributed by atoms with Crippen molar-refractivity contribution in [2.45, 2.75) is 46.9 Å². The highest BCUT2D eigenvalue weighted by atomic mass is 32.2. The number of benzene rings is 5. The van der Waals surface area contributed by atoms with Crippen molar-refractivity contribution in [3.63, 3.8) is 0 Å². The molecule has 50 heavy (non-hydrogen) atoms. The van der Waals surface area contributed by atoms with Crippen LogP contribution in [0.25, 0.3) is 10.8 Å². The minimum absolute atomic E-state index is 0.0572. The van der Waals surface area contributed by atoms with E-state index >= 15 is 0 Å². The minimum atomic E-state index is -4.10. The lowest BCUT2D eigenvalue weighted by molar-refractivity contribution is -0.142. The van der Waals surface area contributed by atoms with Crippen LogP contribution in [0.2, 0.25) is 0 Å². The fourth-order valence-electron chi connectivity index (χ4n) is 6.12. The summed E-state index contributed by atoms with van der Waals surface area (Å²) in [5.74, 6) is -0.190. The summed E-state index contributed by atoms with van der Waals surface area (Å²) in [5, 5.41) is 4.27. The zero-order valence-electron chi connectivity index (χ0n) is 27.8. The predicted molar refractivity (Wildman–Crippen MR) is 197 cm³/mol. The van der Waals surface area contributed by atoms with E-state index < -0.39 is 30.8 Å². The third-order valence-electron chi connectivity index (χ3n) is 8.64. The molecule has 6 rings (SSSR count).